The average molecular weight is 342 g/mol. The molecule has 0 amide bonds. The van der Waals surface area contributed by atoms with E-state index in [1.165, 1.54) is 29.9 Å². The third-order valence-electron chi connectivity index (χ3n) is 5.10. The molecule has 7 nitrogen and oxygen atoms in total. The molecule has 2 aromatic rings. The molecule has 0 radical (unpaired) electrons. The number of anilines is 1. The lowest BCUT2D eigenvalue weighted by molar-refractivity contribution is 0.272. The lowest BCUT2D eigenvalue weighted by Gasteiger charge is -2.27. The van der Waals surface area contributed by atoms with Gasteiger partial charge in [0.2, 0.25) is 5.89 Å². The first kappa shape index (κ1) is 16.4. The van der Waals surface area contributed by atoms with E-state index < -0.39 is 0 Å². The van der Waals surface area contributed by atoms with Gasteiger partial charge in [0.05, 0.1) is 6.54 Å². The van der Waals surface area contributed by atoms with Gasteiger partial charge in [-0.15, -0.1) is 0 Å². The van der Waals surface area contributed by atoms with Crippen molar-refractivity contribution in [2.24, 2.45) is 0 Å². The van der Waals surface area contributed by atoms with Crippen LogP contribution in [0.4, 0.5) is 5.82 Å². The van der Waals surface area contributed by atoms with E-state index in [9.17, 15) is 0 Å². The molecule has 0 bridgehead atoms. The zero-order valence-electron chi connectivity index (χ0n) is 15.2. The molecule has 134 valence electrons. The number of aryl methyl sites for hydroxylation is 3. The molecule has 3 heterocycles. The van der Waals surface area contributed by atoms with Crippen molar-refractivity contribution in [2.75, 3.05) is 31.1 Å². The second-order valence-corrected chi connectivity index (χ2v) is 7.07. The Bertz CT molecular complexity index is 743. The fraction of sp³-hybridized carbons (Fsp3) is 0.667. The van der Waals surface area contributed by atoms with E-state index in [1.807, 2.05) is 13.8 Å². The normalized spacial score (nSPS) is 18.9. The van der Waals surface area contributed by atoms with Gasteiger partial charge in [0.1, 0.15) is 11.6 Å². The SMILES string of the molecule is Cc1nc2c(c(N3CCCN(Cc4noc(C)n4)CC3)n1)CCCC2. The van der Waals surface area contributed by atoms with Gasteiger partial charge in [0, 0.05) is 44.4 Å². The minimum Gasteiger partial charge on any atom is -0.355 e. The van der Waals surface area contributed by atoms with Crippen LogP contribution in [0.3, 0.4) is 0 Å². The van der Waals surface area contributed by atoms with Gasteiger partial charge >= 0.3 is 0 Å². The molecule has 0 atom stereocenters. The third-order valence-corrected chi connectivity index (χ3v) is 5.10. The van der Waals surface area contributed by atoms with Crippen LogP contribution >= 0.6 is 0 Å². The maximum Gasteiger partial charge on any atom is 0.223 e. The average Bonchev–Trinajstić information content (AvgIpc) is 2.87. The number of rotatable bonds is 3. The molecular weight excluding hydrogens is 316 g/mol. The molecule has 7 heteroatoms. The topological polar surface area (TPSA) is 71.2 Å². The molecule has 1 aliphatic carbocycles. The van der Waals surface area contributed by atoms with Crippen molar-refractivity contribution < 1.29 is 4.52 Å². The molecule has 1 saturated heterocycles. The molecule has 25 heavy (non-hydrogen) atoms. The van der Waals surface area contributed by atoms with Crippen molar-refractivity contribution in [3.63, 3.8) is 0 Å². The number of nitrogens with zero attached hydrogens (tertiary/aromatic N) is 6. The Morgan fingerprint density at radius 1 is 0.920 bits per heavy atom. The Balaban J connectivity index is 1.48. The highest BCUT2D eigenvalue weighted by atomic mass is 16.5. The van der Waals surface area contributed by atoms with Gasteiger partial charge in [-0.2, -0.15) is 4.98 Å². The first-order valence-corrected chi connectivity index (χ1v) is 9.32. The Kier molecular flexibility index (Phi) is 4.65. The summed E-state index contributed by atoms with van der Waals surface area (Å²) in [7, 11) is 0. The van der Waals surface area contributed by atoms with Crippen molar-refractivity contribution in [2.45, 2.75) is 52.5 Å². The third kappa shape index (κ3) is 3.66. The Morgan fingerprint density at radius 2 is 1.80 bits per heavy atom. The van der Waals surface area contributed by atoms with E-state index in [1.54, 1.807) is 0 Å². The minimum atomic E-state index is 0.634. The Hall–Kier alpha value is -2.02. The zero-order valence-corrected chi connectivity index (χ0v) is 15.2. The van der Waals surface area contributed by atoms with Gasteiger partial charge in [0.25, 0.3) is 0 Å². The Labute approximate surface area is 148 Å². The van der Waals surface area contributed by atoms with Crippen LogP contribution in [0, 0.1) is 13.8 Å². The van der Waals surface area contributed by atoms with Crippen molar-refractivity contribution in [1.82, 2.24) is 25.0 Å². The number of aromatic nitrogens is 4. The minimum absolute atomic E-state index is 0.634. The van der Waals surface area contributed by atoms with Crippen molar-refractivity contribution >= 4 is 5.82 Å². The van der Waals surface area contributed by atoms with E-state index in [2.05, 4.69) is 19.9 Å². The standard InChI is InChI=1S/C18H26N6O/c1-13-19-16-7-4-3-6-15(16)18(20-13)24-9-5-8-23(10-11-24)12-17-21-14(2)25-22-17/h3-12H2,1-2H3. The van der Waals surface area contributed by atoms with Crippen LogP contribution in [-0.2, 0) is 19.4 Å². The monoisotopic (exact) mass is 342 g/mol. The maximum atomic E-state index is 5.09. The summed E-state index contributed by atoms with van der Waals surface area (Å²) in [4.78, 5) is 18.7. The van der Waals surface area contributed by atoms with E-state index >= 15 is 0 Å². The van der Waals surface area contributed by atoms with Gasteiger partial charge in [-0.1, -0.05) is 5.16 Å². The Morgan fingerprint density at radius 3 is 2.64 bits per heavy atom. The summed E-state index contributed by atoms with van der Waals surface area (Å²) in [5.74, 6) is 3.49. The van der Waals surface area contributed by atoms with Gasteiger partial charge in [-0.25, -0.2) is 9.97 Å². The fourth-order valence-electron chi connectivity index (χ4n) is 3.90. The van der Waals surface area contributed by atoms with Crippen LogP contribution in [0.5, 0.6) is 0 Å². The van der Waals surface area contributed by atoms with Gasteiger partial charge < -0.3 is 9.42 Å². The summed E-state index contributed by atoms with van der Waals surface area (Å²) < 4.78 is 5.09. The molecule has 4 rings (SSSR count). The van der Waals surface area contributed by atoms with E-state index in [0.717, 1.165) is 63.6 Å². The molecule has 2 aliphatic rings. The molecular formula is C18H26N6O. The highest BCUT2D eigenvalue weighted by molar-refractivity contribution is 5.50. The van der Waals surface area contributed by atoms with Gasteiger partial charge in [-0.05, 0) is 39.0 Å². The highest BCUT2D eigenvalue weighted by Gasteiger charge is 2.23. The molecule has 0 aromatic carbocycles. The summed E-state index contributed by atoms with van der Waals surface area (Å²) in [5.41, 5.74) is 2.66. The van der Waals surface area contributed by atoms with Gasteiger partial charge in [-0.3, -0.25) is 4.90 Å². The molecule has 1 fully saturated rings. The molecule has 2 aromatic heterocycles. The summed E-state index contributed by atoms with van der Waals surface area (Å²) in [6.45, 7) is 8.68. The van der Waals surface area contributed by atoms with Crippen LogP contribution in [0.2, 0.25) is 0 Å². The number of fused-ring (bicyclic) bond motifs is 1. The second-order valence-electron chi connectivity index (χ2n) is 7.07. The molecule has 0 saturated carbocycles. The largest absolute Gasteiger partial charge is 0.355 e. The van der Waals surface area contributed by atoms with Crippen molar-refractivity contribution in [3.8, 4) is 0 Å². The molecule has 0 N–H and O–H groups in total. The van der Waals surface area contributed by atoms with Crippen LogP contribution in [0.1, 0.15) is 48.1 Å². The highest BCUT2D eigenvalue weighted by Crippen LogP contribution is 2.28. The number of hydrogen-bond acceptors (Lipinski definition) is 7. The van der Waals surface area contributed by atoms with E-state index in [0.29, 0.717) is 5.89 Å². The molecule has 0 unspecified atom stereocenters. The van der Waals surface area contributed by atoms with Crippen LogP contribution < -0.4 is 4.90 Å². The fourth-order valence-corrected chi connectivity index (χ4v) is 3.90. The van der Waals surface area contributed by atoms with E-state index in [4.69, 9.17) is 14.5 Å². The summed E-state index contributed by atoms with van der Waals surface area (Å²) in [6, 6.07) is 0. The zero-order chi connectivity index (χ0) is 17.2. The first-order chi connectivity index (χ1) is 12.2. The van der Waals surface area contributed by atoms with Gasteiger partial charge in [0.15, 0.2) is 5.82 Å². The van der Waals surface area contributed by atoms with Crippen molar-refractivity contribution in [3.05, 3.63) is 28.8 Å². The lowest BCUT2D eigenvalue weighted by atomic mass is 9.96. The first-order valence-electron chi connectivity index (χ1n) is 9.32. The van der Waals surface area contributed by atoms with Crippen LogP contribution in [-0.4, -0.2) is 51.2 Å². The molecule has 0 spiro atoms. The predicted octanol–water partition coefficient (Wildman–Crippen LogP) is 2.07. The van der Waals surface area contributed by atoms with Crippen molar-refractivity contribution in [1.29, 1.82) is 0 Å². The predicted molar refractivity (Wildman–Crippen MR) is 94.6 cm³/mol. The smallest absolute Gasteiger partial charge is 0.223 e. The van der Waals surface area contributed by atoms with E-state index in [-0.39, 0.29) is 0 Å². The second kappa shape index (κ2) is 7.07. The van der Waals surface area contributed by atoms with Crippen LogP contribution in [0.15, 0.2) is 4.52 Å². The van der Waals surface area contributed by atoms with Crippen LogP contribution in [0.25, 0.3) is 0 Å². The maximum absolute atomic E-state index is 5.09. The summed E-state index contributed by atoms with van der Waals surface area (Å²) in [5, 5.41) is 4.02. The molecule has 1 aliphatic heterocycles. The quantitative estimate of drug-likeness (QED) is 0.845. The summed E-state index contributed by atoms with van der Waals surface area (Å²) in [6.07, 6.45) is 5.84. The number of hydrogen-bond donors (Lipinski definition) is 0. The lowest BCUT2D eigenvalue weighted by Crippen LogP contribution is -2.32. The summed E-state index contributed by atoms with van der Waals surface area (Å²) >= 11 is 0.